The summed E-state index contributed by atoms with van der Waals surface area (Å²) in [5.74, 6) is -0.384. The van der Waals surface area contributed by atoms with Gasteiger partial charge in [-0.05, 0) is 60.7 Å². The molecule has 7 nitrogen and oxygen atoms in total. The number of likely N-dealkylation sites (tertiary alicyclic amines) is 2. The van der Waals surface area contributed by atoms with E-state index in [4.69, 9.17) is 0 Å². The molecule has 0 aliphatic carbocycles. The third-order valence-electron chi connectivity index (χ3n) is 4.84. The summed E-state index contributed by atoms with van der Waals surface area (Å²) in [5.41, 5.74) is 0. The van der Waals surface area contributed by atoms with E-state index in [1.165, 1.54) is 11.0 Å². The minimum absolute atomic E-state index is 0.0521. The third kappa shape index (κ3) is 4.13. The maximum absolute atomic E-state index is 12.7. The Labute approximate surface area is 165 Å². The fraction of sp³-hybridized carbons (Fsp3) is 0.625. The van der Waals surface area contributed by atoms with Crippen LogP contribution in [-0.2, 0) is 19.6 Å². The molecule has 3 rings (SSSR count). The predicted octanol–water partition coefficient (Wildman–Crippen LogP) is 1.79. The van der Waals surface area contributed by atoms with Gasteiger partial charge < -0.3 is 9.80 Å². The second-order valence-electron chi connectivity index (χ2n) is 6.61. The fourth-order valence-corrected chi connectivity index (χ4v) is 6.65. The number of thiophene rings is 1. The van der Waals surface area contributed by atoms with Crippen LogP contribution in [0.15, 0.2) is 20.1 Å². The van der Waals surface area contributed by atoms with E-state index in [-0.39, 0.29) is 16.0 Å². The Morgan fingerprint density at radius 3 is 2.58 bits per heavy atom. The highest BCUT2D eigenvalue weighted by atomic mass is 79.9. The van der Waals surface area contributed by atoms with Crippen LogP contribution in [0, 0.1) is 0 Å². The summed E-state index contributed by atoms with van der Waals surface area (Å²) in [6.07, 6.45) is 3.47. The Hall–Kier alpha value is -0.970. The number of nitrogens with zero attached hydrogens (tertiary/aromatic N) is 2. The highest BCUT2D eigenvalue weighted by molar-refractivity contribution is 9.11. The monoisotopic (exact) mass is 463 g/mol. The van der Waals surface area contributed by atoms with Gasteiger partial charge in [0.05, 0.1) is 3.79 Å². The van der Waals surface area contributed by atoms with Gasteiger partial charge in [0.2, 0.25) is 11.8 Å². The lowest BCUT2D eigenvalue weighted by Crippen LogP contribution is -2.51. The van der Waals surface area contributed by atoms with Crippen LogP contribution in [0.1, 0.15) is 32.6 Å². The van der Waals surface area contributed by atoms with Crippen LogP contribution >= 0.6 is 27.3 Å². The molecular formula is C16H22BrN3O4S2. The van der Waals surface area contributed by atoms with Gasteiger partial charge in [0.25, 0.3) is 10.0 Å². The van der Waals surface area contributed by atoms with Crippen molar-refractivity contribution in [1.29, 1.82) is 0 Å². The summed E-state index contributed by atoms with van der Waals surface area (Å²) >= 11 is 4.33. The summed E-state index contributed by atoms with van der Waals surface area (Å²) < 4.78 is 28.2. The Balaban J connectivity index is 1.65. The number of carbonyl (C=O) groups is 2. The number of halogens is 1. The van der Waals surface area contributed by atoms with Crippen molar-refractivity contribution >= 4 is 49.1 Å². The minimum Gasteiger partial charge on any atom is -0.341 e. The molecule has 1 aromatic heterocycles. The predicted molar refractivity (Wildman–Crippen MR) is 102 cm³/mol. The number of nitrogens with one attached hydrogen (secondary N) is 1. The summed E-state index contributed by atoms with van der Waals surface area (Å²) in [6, 6.07) is 1.77. The Morgan fingerprint density at radius 2 is 1.96 bits per heavy atom. The van der Waals surface area contributed by atoms with Gasteiger partial charge in [-0.3, -0.25) is 9.59 Å². The van der Waals surface area contributed by atoms with E-state index in [1.54, 1.807) is 13.0 Å². The zero-order chi connectivity index (χ0) is 18.9. The van der Waals surface area contributed by atoms with Crippen molar-refractivity contribution in [2.24, 2.45) is 0 Å². The van der Waals surface area contributed by atoms with Crippen LogP contribution in [0.2, 0.25) is 0 Å². The van der Waals surface area contributed by atoms with Crippen molar-refractivity contribution in [2.45, 2.75) is 48.9 Å². The van der Waals surface area contributed by atoms with Gasteiger partial charge >= 0.3 is 0 Å². The van der Waals surface area contributed by atoms with Crippen LogP contribution < -0.4 is 4.72 Å². The first kappa shape index (κ1) is 19.8. The summed E-state index contributed by atoms with van der Waals surface area (Å²) in [6.45, 7) is 3.56. The first-order chi connectivity index (χ1) is 12.3. The van der Waals surface area contributed by atoms with E-state index in [9.17, 15) is 18.0 Å². The van der Waals surface area contributed by atoms with Crippen molar-refractivity contribution in [2.75, 3.05) is 19.6 Å². The SMILES string of the molecule is C[C@@H](C(=O)N1CCCCC1)N1CCC(NS(=O)(=O)c2ccc(Br)s2)C1=O. The van der Waals surface area contributed by atoms with Crippen molar-refractivity contribution in [3.8, 4) is 0 Å². The average molecular weight is 464 g/mol. The van der Waals surface area contributed by atoms with E-state index in [0.717, 1.165) is 43.7 Å². The lowest BCUT2D eigenvalue weighted by atomic mass is 10.1. The number of hydrogen-bond donors (Lipinski definition) is 1. The molecule has 0 spiro atoms. The van der Waals surface area contributed by atoms with E-state index in [1.807, 2.05) is 4.90 Å². The van der Waals surface area contributed by atoms with Gasteiger partial charge in [-0.15, -0.1) is 11.3 Å². The van der Waals surface area contributed by atoms with Gasteiger partial charge in [0.15, 0.2) is 0 Å². The standard InChI is InChI=1S/C16H22BrN3O4S2/c1-11(15(21)19-8-3-2-4-9-19)20-10-7-12(16(20)22)18-26(23,24)14-6-5-13(17)25-14/h5-6,11-12,18H,2-4,7-10H2,1H3/t11-,12?/m0/s1. The van der Waals surface area contributed by atoms with Gasteiger partial charge in [-0.25, -0.2) is 8.42 Å². The normalized spacial score (nSPS) is 22.7. The Bertz CT molecular complexity index is 789. The first-order valence-corrected chi connectivity index (χ1v) is 11.8. The highest BCUT2D eigenvalue weighted by Gasteiger charge is 2.40. The molecule has 1 aromatic rings. The van der Waals surface area contributed by atoms with Crippen LogP contribution in [0.4, 0.5) is 0 Å². The van der Waals surface area contributed by atoms with Crippen LogP contribution in [-0.4, -0.2) is 61.7 Å². The fourth-order valence-electron chi connectivity index (χ4n) is 3.40. The molecule has 0 saturated carbocycles. The van der Waals surface area contributed by atoms with Gasteiger partial charge in [0.1, 0.15) is 16.3 Å². The minimum atomic E-state index is -3.75. The number of carbonyl (C=O) groups excluding carboxylic acids is 2. The van der Waals surface area contributed by atoms with Crippen LogP contribution in [0.5, 0.6) is 0 Å². The van der Waals surface area contributed by atoms with Crippen molar-refractivity contribution in [3.05, 3.63) is 15.9 Å². The van der Waals surface area contributed by atoms with Crippen molar-refractivity contribution in [1.82, 2.24) is 14.5 Å². The molecule has 1 N–H and O–H groups in total. The maximum Gasteiger partial charge on any atom is 0.250 e. The molecular weight excluding hydrogens is 442 g/mol. The summed E-state index contributed by atoms with van der Waals surface area (Å²) in [7, 11) is -3.75. The molecule has 2 fully saturated rings. The molecule has 26 heavy (non-hydrogen) atoms. The molecule has 0 bridgehead atoms. The van der Waals surface area contributed by atoms with Crippen molar-refractivity contribution < 1.29 is 18.0 Å². The van der Waals surface area contributed by atoms with Crippen molar-refractivity contribution in [3.63, 3.8) is 0 Å². The highest BCUT2D eigenvalue weighted by Crippen LogP contribution is 2.27. The van der Waals surface area contributed by atoms with E-state index in [2.05, 4.69) is 20.7 Å². The number of amides is 2. The quantitative estimate of drug-likeness (QED) is 0.720. The maximum atomic E-state index is 12.7. The molecule has 144 valence electrons. The second-order valence-corrected chi connectivity index (χ2v) is 11.0. The number of hydrogen-bond acceptors (Lipinski definition) is 5. The Kier molecular flexibility index (Phi) is 6.05. The van der Waals surface area contributed by atoms with Crippen LogP contribution in [0.25, 0.3) is 0 Å². The summed E-state index contributed by atoms with van der Waals surface area (Å²) in [4.78, 5) is 28.6. The molecule has 2 aliphatic heterocycles. The topological polar surface area (TPSA) is 86.8 Å². The zero-order valence-electron chi connectivity index (χ0n) is 14.5. The molecule has 2 amide bonds. The van der Waals surface area contributed by atoms with E-state index in [0.29, 0.717) is 16.8 Å². The molecule has 2 atom stereocenters. The zero-order valence-corrected chi connectivity index (χ0v) is 17.7. The molecule has 3 heterocycles. The number of piperidine rings is 1. The van der Waals surface area contributed by atoms with E-state index < -0.39 is 22.1 Å². The van der Waals surface area contributed by atoms with E-state index >= 15 is 0 Å². The summed E-state index contributed by atoms with van der Waals surface area (Å²) in [5, 5.41) is 0. The lowest BCUT2D eigenvalue weighted by Gasteiger charge is -2.32. The molecule has 2 saturated heterocycles. The second kappa shape index (κ2) is 7.95. The Morgan fingerprint density at radius 1 is 1.27 bits per heavy atom. The molecule has 1 unspecified atom stereocenters. The molecule has 10 heteroatoms. The number of sulfonamides is 1. The lowest BCUT2D eigenvalue weighted by molar-refractivity contribution is -0.143. The van der Waals surface area contributed by atoms with Gasteiger partial charge in [-0.1, -0.05) is 0 Å². The first-order valence-electron chi connectivity index (χ1n) is 8.66. The average Bonchev–Trinajstić information content (AvgIpc) is 3.21. The van der Waals surface area contributed by atoms with Gasteiger partial charge in [0, 0.05) is 19.6 Å². The largest absolute Gasteiger partial charge is 0.341 e. The number of rotatable bonds is 5. The van der Waals surface area contributed by atoms with Crippen LogP contribution in [0.3, 0.4) is 0 Å². The smallest absolute Gasteiger partial charge is 0.250 e. The third-order valence-corrected chi connectivity index (χ3v) is 8.43. The molecule has 0 aromatic carbocycles. The molecule has 0 radical (unpaired) electrons. The van der Waals surface area contributed by atoms with Gasteiger partial charge in [-0.2, -0.15) is 4.72 Å². The molecule has 2 aliphatic rings.